The van der Waals surface area contributed by atoms with Crippen LogP contribution in [0.4, 0.5) is 0 Å². The number of nitrogens with two attached hydrogens (primary N) is 1. The van der Waals surface area contributed by atoms with Gasteiger partial charge in [-0.25, -0.2) is 4.79 Å². The quantitative estimate of drug-likeness (QED) is 0.430. The van der Waals surface area contributed by atoms with Crippen molar-refractivity contribution in [3.05, 3.63) is 24.0 Å². The first-order valence-electron chi connectivity index (χ1n) is 4.83. The van der Waals surface area contributed by atoms with Gasteiger partial charge in [0.1, 0.15) is 0 Å². The van der Waals surface area contributed by atoms with E-state index in [-0.39, 0.29) is 11.7 Å². The molecular weight excluding hydrogens is 214 g/mol. The fraction of sp³-hybridized carbons (Fsp3) is 0.400. The second-order valence-electron chi connectivity index (χ2n) is 4.07. The minimum absolute atomic E-state index is 0.0686. The molecule has 0 aromatic rings. The monoisotopic (exact) mass is 223 g/mol. The summed E-state index contributed by atoms with van der Waals surface area (Å²) in [7, 11) is 0. The smallest absolute Gasteiger partial charge is 0.345 e. The number of aliphatic hydroxyl groups is 1. The topological polar surface area (TPSA) is 98.9 Å². The van der Waals surface area contributed by atoms with E-state index in [1.54, 1.807) is 6.08 Å². The third kappa shape index (κ3) is 0.943. The van der Waals surface area contributed by atoms with E-state index in [4.69, 9.17) is 15.2 Å². The first-order valence-corrected chi connectivity index (χ1v) is 4.83. The Hall–Kier alpha value is -1.82. The fourth-order valence-electron chi connectivity index (χ4n) is 2.33. The first kappa shape index (κ1) is 9.41. The summed E-state index contributed by atoms with van der Waals surface area (Å²) in [4.78, 5) is 22.5. The summed E-state index contributed by atoms with van der Waals surface area (Å²) in [6, 6.07) is 0. The van der Waals surface area contributed by atoms with Gasteiger partial charge in [0.15, 0.2) is 11.4 Å². The molecule has 84 valence electrons. The summed E-state index contributed by atoms with van der Waals surface area (Å²) in [5.41, 5.74) is 3.40. The van der Waals surface area contributed by atoms with Crippen LogP contribution in [0.25, 0.3) is 0 Å². The van der Waals surface area contributed by atoms with Gasteiger partial charge < -0.3 is 20.3 Å². The SMILES string of the molecule is NC(=O)C1=C[C@@H]2[C@H]3C=C[C@]2(O)C(=O)O[C@H]3O1. The third-order valence-corrected chi connectivity index (χ3v) is 3.18. The molecule has 16 heavy (non-hydrogen) atoms. The molecule has 3 rings (SSSR count). The van der Waals surface area contributed by atoms with Crippen molar-refractivity contribution in [2.45, 2.75) is 11.9 Å². The van der Waals surface area contributed by atoms with Crippen molar-refractivity contribution in [2.75, 3.05) is 0 Å². The minimum Gasteiger partial charge on any atom is -0.449 e. The van der Waals surface area contributed by atoms with Gasteiger partial charge >= 0.3 is 5.97 Å². The molecule has 0 radical (unpaired) electrons. The molecular formula is C10H9NO5. The molecule has 1 aliphatic carbocycles. The van der Waals surface area contributed by atoms with Crippen LogP contribution < -0.4 is 5.73 Å². The maximum absolute atomic E-state index is 11.5. The van der Waals surface area contributed by atoms with Gasteiger partial charge in [-0.1, -0.05) is 6.08 Å². The highest BCUT2D eigenvalue weighted by atomic mass is 16.7. The second kappa shape index (κ2) is 2.65. The molecule has 2 aliphatic heterocycles. The molecule has 1 amide bonds. The number of ether oxygens (including phenoxy) is 2. The third-order valence-electron chi connectivity index (χ3n) is 3.18. The average Bonchev–Trinajstić information content (AvgIpc) is 2.50. The number of esters is 1. The molecule has 6 nitrogen and oxygen atoms in total. The number of hydrogen-bond acceptors (Lipinski definition) is 5. The van der Waals surface area contributed by atoms with E-state index >= 15 is 0 Å². The Morgan fingerprint density at radius 2 is 2.25 bits per heavy atom. The zero-order valence-electron chi connectivity index (χ0n) is 8.12. The second-order valence-corrected chi connectivity index (χ2v) is 4.07. The molecule has 0 aromatic carbocycles. The van der Waals surface area contributed by atoms with Gasteiger partial charge in [0, 0.05) is 5.92 Å². The van der Waals surface area contributed by atoms with Crippen molar-refractivity contribution < 1.29 is 24.2 Å². The van der Waals surface area contributed by atoms with Crippen LogP contribution in [0.3, 0.4) is 0 Å². The molecule has 3 N–H and O–H groups in total. The van der Waals surface area contributed by atoms with Crippen LogP contribution in [0.5, 0.6) is 0 Å². The highest BCUT2D eigenvalue weighted by molar-refractivity contribution is 5.91. The Morgan fingerprint density at radius 3 is 2.94 bits per heavy atom. The molecule has 0 spiro atoms. The summed E-state index contributed by atoms with van der Waals surface area (Å²) < 4.78 is 10.1. The summed E-state index contributed by atoms with van der Waals surface area (Å²) in [5, 5.41) is 10.1. The van der Waals surface area contributed by atoms with E-state index in [1.165, 1.54) is 12.2 Å². The zero-order valence-corrected chi connectivity index (χ0v) is 8.12. The normalized spacial score (nSPS) is 43.4. The van der Waals surface area contributed by atoms with E-state index < -0.39 is 29.7 Å². The van der Waals surface area contributed by atoms with Crippen LogP contribution in [0, 0.1) is 11.8 Å². The van der Waals surface area contributed by atoms with E-state index in [0.29, 0.717) is 0 Å². The summed E-state index contributed by atoms with van der Waals surface area (Å²) in [5.74, 6) is -2.36. The first-order chi connectivity index (χ1) is 7.52. The number of rotatable bonds is 1. The van der Waals surface area contributed by atoms with E-state index in [9.17, 15) is 14.7 Å². The molecule has 4 bridgehead atoms. The maximum atomic E-state index is 11.5. The van der Waals surface area contributed by atoms with Gasteiger partial charge in [-0.15, -0.1) is 0 Å². The van der Waals surface area contributed by atoms with Crippen molar-refractivity contribution in [1.29, 1.82) is 0 Å². The van der Waals surface area contributed by atoms with E-state index in [2.05, 4.69) is 0 Å². The number of carbonyl (C=O) groups excluding carboxylic acids is 2. The minimum atomic E-state index is -1.69. The number of hydrogen-bond donors (Lipinski definition) is 2. The van der Waals surface area contributed by atoms with Crippen LogP contribution in [-0.2, 0) is 19.1 Å². The average molecular weight is 223 g/mol. The summed E-state index contributed by atoms with van der Waals surface area (Å²) in [6.07, 6.45) is 3.57. The van der Waals surface area contributed by atoms with Gasteiger partial charge in [-0.05, 0) is 12.2 Å². The van der Waals surface area contributed by atoms with E-state index in [1.807, 2.05) is 0 Å². The van der Waals surface area contributed by atoms with Crippen LogP contribution in [0.2, 0.25) is 0 Å². The van der Waals surface area contributed by atoms with Crippen molar-refractivity contribution in [3.63, 3.8) is 0 Å². The molecule has 1 saturated heterocycles. The van der Waals surface area contributed by atoms with Crippen molar-refractivity contribution >= 4 is 11.9 Å². The molecule has 0 unspecified atom stereocenters. The Kier molecular flexibility index (Phi) is 1.56. The van der Waals surface area contributed by atoms with Crippen molar-refractivity contribution in [2.24, 2.45) is 17.6 Å². The Bertz CT molecular complexity index is 454. The number of amides is 1. The van der Waals surface area contributed by atoms with Crippen LogP contribution in [0.1, 0.15) is 0 Å². The largest absolute Gasteiger partial charge is 0.449 e. The number of carbonyl (C=O) groups is 2. The van der Waals surface area contributed by atoms with Crippen molar-refractivity contribution in [3.8, 4) is 0 Å². The number of primary amides is 1. The fourth-order valence-corrected chi connectivity index (χ4v) is 2.33. The molecule has 3 aliphatic rings. The van der Waals surface area contributed by atoms with Crippen LogP contribution in [-0.4, -0.2) is 28.9 Å². The van der Waals surface area contributed by atoms with Crippen molar-refractivity contribution in [1.82, 2.24) is 0 Å². The van der Waals surface area contributed by atoms with E-state index in [0.717, 1.165) is 0 Å². The predicted octanol–water partition coefficient (Wildman–Crippen LogP) is -1.20. The highest BCUT2D eigenvalue weighted by Crippen LogP contribution is 2.47. The van der Waals surface area contributed by atoms with Gasteiger partial charge in [0.2, 0.25) is 0 Å². The molecule has 2 heterocycles. The lowest BCUT2D eigenvalue weighted by Gasteiger charge is -2.41. The Labute approximate surface area is 90.3 Å². The van der Waals surface area contributed by atoms with Gasteiger partial charge in [0.05, 0.1) is 5.92 Å². The standard InChI is InChI=1S/C10H9NO5/c11-7(12)6-3-5-4-1-2-10(5,14)9(13)16-8(4)15-6/h1-5,8,14H,(H2,11,12)/t4-,5-,8-,10-/m1/s1. The molecule has 4 atom stereocenters. The summed E-state index contributed by atoms with van der Waals surface area (Å²) in [6.45, 7) is 0. The lowest BCUT2D eigenvalue weighted by Crippen LogP contribution is -2.55. The zero-order chi connectivity index (χ0) is 11.5. The van der Waals surface area contributed by atoms with Gasteiger partial charge in [-0.3, -0.25) is 4.79 Å². The van der Waals surface area contributed by atoms with Crippen LogP contribution >= 0.6 is 0 Å². The lowest BCUT2D eigenvalue weighted by atomic mass is 9.80. The van der Waals surface area contributed by atoms with Crippen LogP contribution in [0.15, 0.2) is 24.0 Å². The predicted molar refractivity (Wildman–Crippen MR) is 49.3 cm³/mol. The molecule has 0 saturated carbocycles. The Balaban J connectivity index is 2.09. The molecule has 0 aromatic heterocycles. The lowest BCUT2D eigenvalue weighted by molar-refractivity contribution is -0.224. The van der Waals surface area contributed by atoms with Gasteiger partial charge in [-0.2, -0.15) is 0 Å². The summed E-state index contributed by atoms with van der Waals surface area (Å²) >= 11 is 0. The van der Waals surface area contributed by atoms with Gasteiger partial charge in [0.25, 0.3) is 12.2 Å². The molecule has 6 heteroatoms. The Morgan fingerprint density at radius 1 is 1.50 bits per heavy atom. The molecule has 1 fully saturated rings. The highest BCUT2D eigenvalue weighted by Gasteiger charge is 2.59. The maximum Gasteiger partial charge on any atom is 0.345 e.